The van der Waals surface area contributed by atoms with Crippen molar-refractivity contribution in [3.8, 4) is 0 Å². The first kappa shape index (κ1) is 27.6. The number of thiol groups is 2. The summed E-state index contributed by atoms with van der Waals surface area (Å²) in [6, 6.07) is 0. The fourth-order valence-corrected chi connectivity index (χ4v) is 4.61. The number of ether oxygens (including phenoxy) is 2. The molecule has 4 nitrogen and oxygen atoms in total. The molecular formula is C22H42O4S2. The van der Waals surface area contributed by atoms with E-state index in [1.807, 2.05) is 69.2 Å². The van der Waals surface area contributed by atoms with E-state index < -0.39 is 22.5 Å². The van der Waals surface area contributed by atoms with Crippen molar-refractivity contribution >= 4 is 37.2 Å². The van der Waals surface area contributed by atoms with Gasteiger partial charge in [0.05, 0.1) is 11.3 Å². The van der Waals surface area contributed by atoms with Gasteiger partial charge in [-0.1, -0.05) is 34.6 Å². The van der Waals surface area contributed by atoms with Gasteiger partial charge >= 0.3 is 11.9 Å². The molecular weight excluding hydrogens is 392 g/mol. The van der Waals surface area contributed by atoms with Gasteiger partial charge in [0.2, 0.25) is 0 Å². The van der Waals surface area contributed by atoms with E-state index in [0.29, 0.717) is 19.3 Å². The quantitative estimate of drug-likeness (QED) is 0.333. The third-order valence-electron chi connectivity index (χ3n) is 4.23. The van der Waals surface area contributed by atoms with Crippen LogP contribution in [-0.2, 0) is 19.1 Å². The number of carbonyl (C=O) groups excluding carboxylic acids is 2. The standard InChI is InChI=1S/C22H42O4S2/c1-15(16(23)25-19(4,5)13-21(8,9)27)12-18(2,3)17(24)26-20(6,7)14-22(10,11)28/h15,27-28H,12-14H2,1-11H3. The van der Waals surface area contributed by atoms with Gasteiger partial charge in [-0.05, 0) is 48.0 Å². The summed E-state index contributed by atoms with van der Waals surface area (Å²) in [5, 5.41) is 0. The highest BCUT2D eigenvalue weighted by molar-refractivity contribution is 7.81. The smallest absolute Gasteiger partial charge is 0.312 e. The van der Waals surface area contributed by atoms with E-state index >= 15 is 0 Å². The average Bonchev–Trinajstić information content (AvgIpc) is 2.29. The topological polar surface area (TPSA) is 52.6 Å². The first-order valence-electron chi connectivity index (χ1n) is 9.96. The number of carbonyl (C=O) groups is 2. The van der Waals surface area contributed by atoms with Crippen LogP contribution in [0, 0.1) is 11.3 Å². The molecule has 0 aromatic rings. The summed E-state index contributed by atoms with van der Waals surface area (Å²) in [6.07, 6.45) is 1.60. The first-order chi connectivity index (χ1) is 12.1. The second-order valence-electron chi connectivity index (χ2n) is 11.3. The van der Waals surface area contributed by atoms with E-state index in [1.165, 1.54) is 0 Å². The molecule has 0 heterocycles. The van der Waals surface area contributed by atoms with Crippen LogP contribution in [0.1, 0.15) is 95.4 Å². The molecule has 0 saturated heterocycles. The summed E-state index contributed by atoms with van der Waals surface area (Å²) in [6.45, 7) is 20.9. The number of hydrogen-bond acceptors (Lipinski definition) is 6. The van der Waals surface area contributed by atoms with E-state index in [4.69, 9.17) is 9.47 Å². The minimum absolute atomic E-state index is 0.248. The van der Waals surface area contributed by atoms with Crippen LogP contribution in [0.25, 0.3) is 0 Å². The van der Waals surface area contributed by atoms with Crippen molar-refractivity contribution in [3.05, 3.63) is 0 Å². The van der Waals surface area contributed by atoms with Crippen molar-refractivity contribution in [2.24, 2.45) is 11.3 Å². The molecule has 0 fully saturated rings. The van der Waals surface area contributed by atoms with Gasteiger partial charge < -0.3 is 9.47 Å². The molecule has 0 aliphatic rings. The lowest BCUT2D eigenvalue weighted by Gasteiger charge is -2.36. The zero-order chi connectivity index (χ0) is 22.8. The van der Waals surface area contributed by atoms with Crippen molar-refractivity contribution in [2.75, 3.05) is 0 Å². The summed E-state index contributed by atoms with van der Waals surface area (Å²) in [7, 11) is 0. The number of esters is 2. The van der Waals surface area contributed by atoms with E-state index in [9.17, 15) is 9.59 Å². The summed E-state index contributed by atoms with van der Waals surface area (Å²) in [4.78, 5) is 25.4. The Labute approximate surface area is 183 Å². The summed E-state index contributed by atoms with van der Waals surface area (Å²) < 4.78 is 11.0. The van der Waals surface area contributed by atoms with Crippen LogP contribution in [0.15, 0.2) is 0 Å². The molecule has 0 aliphatic carbocycles. The molecule has 0 aliphatic heterocycles. The van der Waals surface area contributed by atoms with Crippen molar-refractivity contribution in [1.29, 1.82) is 0 Å². The van der Waals surface area contributed by atoms with Crippen molar-refractivity contribution in [3.63, 3.8) is 0 Å². The Morgan fingerprint density at radius 2 is 1.11 bits per heavy atom. The molecule has 0 aromatic heterocycles. The highest BCUT2D eigenvalue weighted by Gasteiger charge is 2.39. The summed E-state index contributed by atoms with van der Waals surface area (Å²) in [5.74, 6) is -1.04. The molecule has 0 aromatic carbocycles. The second kappa shape index (κ2) is 9.20. The lowest BCUT2D eigenvalue weighted by atomic mass is 9.83. The fraction of sp³-hybridized carbons (Fsp3) is 0.909. The maximum absolute atomic E-state index is 12.8. The fourth-order valence-electron chi connectivity index (χ4n) is 3.85. The predicted octanol–water partition coefficient (Wildman–Crippen LogP) is 5.88. The Balaban J connectivity index is 4.98. The molecule has 0 amide bonds. The van der Waals surface area contributed by atoms with Crippen molar-refractivity contribution in [1.82, 2.24) is 0 Å². The Morgan fingerprint density at radius 1 is 0.750 bits per heavy atom. The molecule has 0 bridgehead atoms. The molecule has 166 valence electrons. The Morgan fingerprint density at radius 3 is 1.46 bits per heavy atom. The van der Waals surface area contributed by atoms with Crippen LogP contribution in [0.3, 0.4) is 0 Å². The summed E-state index contributed by atoms with van der Waals surface area (Å²) in [5.41, 5.74) is -2.06. The molecule has 0 rings (SSSR count). The average molecular weight is 435 g/mol. The second-order valence-corrected chi connectivity index (χ2v) is 13.7. The summed E-state index contributed by atoms with van der Waals surface area (Å²) >= 11 is 9.07. The number of rotatable bonds is 10. The van der Waals surface area contributed by atoms with Crippen LogP contribution in [0.2, 0.25) is 0 Å². The largest absolute Gasteiger partial charge is 0.459 e. The minimum Gasteiger partial charge on any atom is -0.459 e. The highest BCUT2D eigenvalue weighted by Crippen LogP contribution is 2.34. The minimum atomic E-state index is -0.802. The maximum atomic E-state index is 12.8. The van der Waals surface area contributed by atoms with Gasteiger partial charge in [0.25, 0.3) is 0 Å². The Hall–Kier alpha value is -0.360. The van der Waals surface area contributed by atoms with Gasteiger partial charge in [0, 0.05) is 22.3 Å². The van der Waals surface area contributed by atoms with E-state index in [-0.39, 0.29) is 21.4 Å². The van der Waals surface area contributed by atoms with Gasteiger partial charge in [-0.15, -0.1) is 0 Å². The SMILES string of the molecule is CC(CC(C)(C)C(=O)OC(C)(C)CC(C)(C)S)C(=O)OC(C)(C)CC(C)(C)S. The monoisotopic (exact) mass is 434 g/mol. The normalized spacial score (nSPS) is 15.2. The molecule has 0 radical (unpaired) electrons. The maximum Gasteiger partial charge on any atom is 0.312 e. The van der Waals surface area contributed by atoms with Gasteiger partial charge in [0.15, 0.2) is 0 Å². The van der Waals surface area contributed by atoms with Crippen LogP contribution in [0.5, 0.6) is 0 Å². The lowest BCUT2D eigenvalue weighted by molar-refractivity contribution is -0.171. The molecule has 28 heavy (non-hydrogen) atoms. The van der Waals surface area contributed by atoms with Crippen LogP contribution in [0.4, 0.5) is 0 Å². The molecule has 6 heteroatoms. The third-order valence-corrected chi connectivity index (χ3v) is 4.55. The third kappa shape index (κ3) is 11.6. The van der Waals surface area contributed by atoms with Gasteiger partial charge in [-0.25, -0.2) is 0 Å². The Bertz CT molecular complexity index is 552. The zero-order valence-corrected chi connectivity index (χ0v) is 21.5. The van der Waals surface area contributed by atoms with Gasteiger partial charge in [-0.2, -0.15) is 25.3 Å². The molecule has 1 atom stereocenters. The van der Waals surface area contributed by atoms with E-state index in [1.54, 1.807) is 6.92 Å². The predicted molar refractivity (Wildman–Crippen MR) is 123 cm³/mol. The lowest BCUT2D eigenvalue weighted by Crippen LogP contribution is -2.41. The van der Waals surface area contributed by atoms with Crippen molar-refractivity contribution < 1.29 is 19.1 Å². The molecule has 0 saturated carbocycles. The Kier molecular flexibility index (Phi) is 9.08. The molecule has 0 spiro atoms. The van der Waals surface area contributed by atoms with E-state index in [0.717, 1.165) is 0 Å². The van der Waals surface area contributed by atoms with E-state index in [2.05, 4.69) is 25.3 Å². The van der Waals surface area contributed by atoms with Crippen LogP contribution >= 0.6 is 25.3 Å². The van der Waals surface area contributed by atoms with Crippen molar-refractivity contribution in [2.45, 2.75) is 116 Å². The molecule has 1 unspecified atom stereocenters. The molecule has 0 N–H and O–H groups in total. The first-order valence-corrected chi connectivity index (χ1v) is 10.9. The van der Waals surface area contributed by atoms with Crippen LogP contribution in [-0.4, -0.2) is 32.6 Å². The van der Waals surface area contributed by atoms with Gasteiger partial charge in [0.1, 0.15) is 11.2 Å². The van der Waals surface area contributed by atoms with Gasteiger partial charge in [-0.3, -0.25) is 9.59 Å². The highest BCUT2D eigenvalue weighted by atomic mass is 32.1. The van der Waals surface area contributed by atoms with Crippen LogP contribution < -0.4 is 0 Å². The number of hydrogen-bond donors (Lipinski definition) is 2. The zero-order valence-electron chi connectivity index (χ0n) is 19.7.